The fraction of sp³-hybridized carbons (Fsp3) is 0.346. The topological polar surface area (TPSA) is 61.4 Å². The molecule has 6 nitrogen and oxygen atoms in total. The van der Waals surface area contributed by atoms with E-state index in [1.807, 2.05) is 36.1 Å². The van der Waals surface area contributed by atoms with E-state index >= 15 is 0 Å². The minimum absolute atomic E-state index is 0.243. The van der Waals surface area contributed by atoms with Gasteiger partial charge in [-0.25, -0.2) is 4.98 Å². The summed E-state index contributed by atoms with van der Waals surface area (Å²) in [5.74, 6) is 1.75. The number of hydrogen-bond donors (Lipinski definition) is 1. The number of aryl methyl sites for hydroxylation is 3. The first-order valence-corrected chi connectivity index (χ1v) is 11.3. The number of nitrogens with one attached hydrogen (secondary N) is 1. The normalized spacial score (nSPS) is 13.8. The Bertz CT molecular complexity index is 1030. The van der Waals surface area contributed by atoms with Crippen molar-refractivity contribution in [1.82, 2.24) is 14.9 Å². The summed E-state index contributed by atoms with van der Waals surface area (Å²) in [6, 6.07) is 20.6. The number of aromatic nitrogens is 2. The monoisotopic (exact) mass is 429 g/mol. The van der Waals surface area contributed by atoms with Crippen molar-refractivity contribution in [3.05, 3.63) is 77.5 Å². The van der Waals surface area contributed by atoms with Crippen LogP contribution in [-0.4, -0.2) is 47.0 Å². The van der Waals surface area contributed by atoms with E-state index in [9.17, 15) is 4.79 Å². The van der Waals surface area contributed by atoms with Crippen LogP contribution in [0.4, 0.5) is 17.5 Å². The van der Waals surface area contributed by atoms with E-state index in [1.54, 1.807) is 0 Å². The molecule has 32 heavy (non-hydrogen) atoms. The lowest BCUT2D eigenvalue weighted by Gasteiger charge is -2.35. The van der Waals surface area contributed by atoms with Crippen molar-refractivity contribution in [2.75, 3.05) is 36.4 Å². The average Bonchev–Trinajstić information content (AvgIpc) is 2.81. The first-order chi connectivity index (χ1) is 15.6. The summed E-state index contributed by atoms with van der Waals surface area (Å²) in [7, 11) is 0. The first-order valence-electron chi connectivity index (χ1n) is 11.3. The molecule has 0 saturated carbocycles. The minimum atomic E-state index is 0.243. The summed E-state index contributed by atoms with van der Waals surface area (Å²) < 4.78 is 0. The molecule has 0 spiro atoms. The third-order valence-electron chi connectivity index (χ3n) is 5.78. The van der Waals surface area contributed by atoms with Gasteiger partial charge < -0.3 is 15.1 Å². The number of piperazine rings is 1. The van der Waals surface area contributed by atoms with Gasteiger partial charge in [-0.05, 0) is 44.4 Å². The molecule has 1 N–H and O–H groups in total. The maximum absolute atomic E-state index is 12.6. The second-order valence-corrected chi connectivity index (χ2v) is 8.39. The molecule has 1 fully saturated rings. The van der Waals surface area contributed by atoms with Gasteiger partial charge in [-0.3, -0.25) is 4.79 Å². The molecule has 1 aliphatic heterocycles. The zero-order valence-corrected chi connectivity index (χ0v) is 18.9. The fourth-order valence-electron chi connectivity index (χ4n) is 3.95. The molecule has 1 aromatic heterocycles. The average molecular weight is 430 g/mol. The van der Waals surface area contributed by atoms with Gasteiger partial charge in [0, 0.05) is 50.0 Å². The van der Waals surface area contributed by atoms with Crippen molar-refractivity contribution in [2.45, 2.75) is 33.1 Å². The molecule has 1 amide bonds. The molecule has 0 unspecified atom stereocenters. The van der Waals surface area contributed by atoms with Gasteiger partial charge in [-0.1, -0.05) is 48.0 Å². The number of benzene rings is 2. The minimum Gasteiger partial charge on any atom is -0.340 e. The Morgan fingerprint density at radius 1 is 0.938 bits per heavy atom. The van der Waals surface area contributed by atoms with E-state index in [4.69, 9.17) is 4.98 Å². The highest BCUT2D eigenvalue weighted by molar-refractivity contribution is 5.76. The molecular formula is C26H31N5O. The summed E-state index contributed by atoms with van der Waals surface area (Å²) in [6.45, 7) is 6.97. The van der Waals surface area contributed by atoms with Gasteiger partial charge in [0.05, 0.1) is 0 Å². The summed E-state index contributed by atoms with van der Waals surface area (Å²) in [4.78, 5) is 26.1. The lowest BCUT2D eigenvalue weighted by Crippen LogP contribution is -2.49. The number of carbonyl (C=O) groups is 1. The quantitative estimate of drug-likeness (QED) is 0.599. The van der Waals surface area contributed by atoms with Crippen molar-refractivity contribution in [3.63, 3.8) is 0 Å². The molecule has 6 heteroatoms. The predicted molar refractivity (Wildman–Crippen MR) is 129 cm³/mol. The molecule has 0 bridgehead atoms. The Morgan fingerprint density at radius 3 is 2.38 bits per heavy atom. The van der Waals surface area contributed by atoms with Crippen LogP contribution in [0.5, 0.6) is 0 Å². The number of nitrogens with zero attached hydrogens (tertiary/aromatic N) is 4. The predicted octanol–water partition coefficient (Wildman–Crippen LogP) is 4.51. The number of anilines is 3. The second kappa shape index (κ2) is 10.3. The van der Waals surface area contributed by atoms with E-state index in [1.165, 1.54) is 11.1 Å². The third-order valence-corrected chi connectivity index (χ3v) is 5.78. The zero-order valence-electron chi connectivity index (χ0n) is 18.9. The molecule has 0 atom stereocenters. The van der Waals surface area contributed by atoms with E-state index in [2.05, 4.69) is 58.5 Å². The Labute approximate surface area is 190 Å². The molecular weight excluding hydrogens is 398 g/mol. The smallest absolute Gasteiger partial charge is 0.227 e. The Balaban J connectivity index is 1.30. The van der Waals surface area contributed by atoms with E-state index in [0.29, 0.717) is 19.5 Å². The maximum atomic E-state index is 12.6. The van der Waals surface area contributed by atoms with Crippen molar-refractivity contribution < 1.29 is 4.79 Å². The van der Waals surface area contributed by atoms with Gasteiger partial charge in [0.15, 0.2) is 0 Å². The van der Waals surface area contributed by atoms with E-state index in [0.717, 1.165) is 49.1 Å². The highest BCUT2D eigenvalue weighted by Crippen LogP contribution is 2.20. The van der Waals surface area contributed by atoms with Crippen molar-refractivity contribution in [2.24, 2.45) is 0 Å². The van der Waals surface area contributed by atoms with Gasteiger partial charge >= 0.3 is 0 Å². The Hall–Kier alpha value is -3.41. The number of carbonyl (C=O) groups excluding carboxylic acids is 1. The lowest BCUT2D eigenvalue weighted by atomic mass is 10.1. The van der Waals surface area contributed by atoms with Gasteiger partial charge in [-0.2, -0.15) is 4.98 Å². The van der Waals surface area contributed by atoms with Gasteiger partial charge in [-0.15, -0.1) is 0 Å². The molecule has 3 aromatic rings. The molecule has 2 aromatic carbocycles. The van der Waals surface area contributed by atoms with Crippen LogP contribution < -0.4 is 10.2 Å². The van der Waals surface area contributed by atoms with Crippen LogP contribution in [0, 0.1) is 13.8 Å². The fourth-order valence-corrected chi connectivity index (χ4v) is 3.95. The Morgan fingerprint density at radius 2 is 1.66 bits per heavy atom. The van der Waals surface area contributed by atoms with Gasteiger partial charge in [0.2, 0.25) is 11.9 Å². The van der Waals surface area contributed by atoms with Crippen molar-refractivity contribution >= 4 is 23.4 Å². The van der Waals surface area contributed by atoms with Crippen molar-refractivity contribution in [3.8, 4) is 0 Å². The van der Waals surface area contributed by atoms with Crippen LogP contribution in [0.15, 0.2) is 60.7 Å². The standard InChI is InChI=1S/C26H31N5O/c1-20-11-13-23(14-12-20)28-24-19-21(2)27-26(29-24)31-17-15-30(16-18-31)25(32)10-6-9-22-7-4-3-5-8-22/h3-5,7-8,11-14,19H,6,9-10,15-18H2,1-2H3,(H,27,28,29). The summed E-state index contributed by atoms with van der Waals surface area (Å²) in [6.07, 6.45) is 2.43. The molecule has 166 valence electrons. The van der Waals surface area contributed by atoms with Crippen LogP contribution in [0.25, 0.3) is 0 Å². The highest BCUT2D eigenvalue weighted by atomic mass is 16.2. The summed E-state index contributed by atoms with van der Waals surface area (Å²) in [5.41, 5.74) is 4.44. The third kappa shape index (κ3) is 5.84. The van der Waals surface area contributed by atoms with Gasteiger partial charge in [0.25, 0.3) is 0 Å². The zero-order chi connectivity index (χ0) is 22.3. The molecule has 0 radical (unpaired) electrons. The first kappa shape index (κ1) is 21.8. The highest BCUT2D eigenvalue weighted by Gasteiger charge is 2.22. The van der Waals surface area contributed by atoms with Gasteiger partial charge in [0.1, 0.15) is 5.82 Å². The van der Waals surface area contributed by atoms with E-state index in [-0.39, 0.29) is 5.91 Å². The SMILES string of the molecule is Cc1ccc(Nc2cc(C)nc(N3CCN(C(=O)CCCc4ccccc4)CC3)n2)cc1. The largest absolute Gasteiger partial charge is 0.340 e. The lowest BCUT2D eigenvalue weighted by molar-refractivity contribution is -0.131. The second-order valence-electron chi connectivity index (χ2n) is 8.39. The summed E-state index contributed by atoms with van der Waals surface area (Å²) >= 11 is 0. The molecule has 2 heterocycles. The van der Waals surface area contributed by atoms with Crippen LogP contribution in [0.2, 0.25) is 0 Å². The molecule has 4 rings (SSSR count). The van der Waals surface area contributed by atoms with Crippen LogP contribution in [0.1, 0.15) is 29.7 Å². The maximum Gasteiger partial charge on any atom is 0.227 e. The molecule has 1 saturated heterocycles. The van der Waals surface area contributed by atoms with Crippen LogP contribution in [0.3, 0.4) is 0 Å². The number of rotatable bonds is 7. The molecule has 1 aliphatic rings. The number of hydrogen-bond acceptors (Lipinski definition) is 5. The van der Waals surface area contributed by atoms with Crippen LogP contribution >= 0.6 is 0 Å². The summed E-state index contributed by atoms with van der Waals surface area (Å²) in [5, 5.41) is 3.37. The van der Waals surface area contributed by atoms with E-state index < -0.39 is 0 Å². The van der Waals surface area contributed by atoms with Crippen molar-refractivity contribution in [1.29, 1.82) is 0 Å². The molecule has 0 aliphatic carbocycles. The number of amides is 1. The Kier molecular flexibility index (Phi) is 7.00. The van der Waals surface area contributed by atoms with Crippen LogP contribution in [-0.2, 0) is 11.2 Å².